The van der Waals surface area contributed by atoms with E-state index in [-0.39, 0.29) is 71.9 Å². The molecule has 4 N–H and O–H groups in total. The first-order chi connectivity index (χ1) is 25.7. The molecule has 0 spiro atoms. The van der Waals surface area contributed by atoms with Crippen LogP contribution in [0.25, 0.3) is 0 Å². The molecule has 18 heteroatoms. The molecule has 0 heterocycles. The lowest BCUT2D eigenvalue weighted by Gasteiger charge is -2.11. The molecule has 0 aliphatic carbocycles. The molecule has 0 aliphatic heterocycles. The lowest BCUT2D eigenvalue weighted by atomic mass is 10.2. The quantitative estimate of drug-likeness (QED) is 0.0867. The van der Waals surface area contributed by atoms with E-state index in [4.69, 9.17) is 18.9 Å². The number of esters is 2. The zero-order valence-corrected chi connectivity index (χ0v) is 30.8. The first kappa shape index (κ1) is 40.9. The topological polar surface area (TPSA) is 222 Å². The summed E-state index contributed by atoms with van der Waals surface area (Å²) < 4.78 is 75.2. The van der Waals surface area contributed by atoms with Gasteiger partial charge in [-0.2, -0.15) is 0 Å². The van der Waals surface area contributed by atoms with Crippen molar-refractivity contribution in [3.8, 4) is 0 Å². The number of aryl methyl sites for hydroxylation is 2. The van der Waals surface area contributed by atoms with Gasteiger partial charge in [0.2, 0.25) is 0 Å². The number of rotatable bonds is 17. The molecule has 54 heavy (non-hydrogen) atoms. The lowest BCUT2D eigenvalue weighted by molar-refractivity contribution is 0.00230. The summed E-state index contributed by atoms with van der Waals surface area (Å²) in [6, 6.07) is 21.9. The lowest BCUT2D eigenvalue weighted by Crippen LogP contribution is -2.34. The van der Waals surface area contributed by atoms with Crippen LogP contribution in [0.2, 0.25) is 0 Å². The van der Waals surface area contributed by atoms with Gasteiger partial charge in [-0.3, -0.25) is 0 Å². The van der Waals surface area contributed by atoms with E-state index >= 15 is 0 Å². The molecule has 4 amide bonds. The number of benzene rings is 4. The molecule has 0 radical (unpaired) electrons. The maximum Gasteiger partial charge on any atom is 0.338 e. The largest absolute Gasteiger partial charge is 0.460 e. The Morgan fingerprint density at radius 2 is 0.870 bits per heavy atom. The van der Waals surface area contributed by atoms with E-state index in [2.05, 4.69) is 10.6 Å². The van der Waals surface area contributed by atoms with Crippen molar-refractivity contribution in [1.82, 2.24) is 9.44 Å². The van der Waals surface area contributed by atoms with Gasteiger partial charge in [-0.1, -0.05) is 48.5 Å². The van der Waals surface area contributed by atoms with Crippen LogP contribution < -0.4 is 20.1 Å². The molecular weight excluding hydrogens is 745 g/mol. The summed E-state index contributed by atoms with van der Waals surface area (Å²) >= 11 is 0. The average Bonchev–Trinajstić information content (AvgIpc) is 3.12. The third kappa shape index (κ3) is 12.4. The van der Waals surface area contributed by atoms with Crippen LogP contribution in [0, 0.1) is 13.8 Å². The number of hydrogen-bond donors (Lipinski definition) is 4. The van der Waals surface area contributed by atoms with Crippen LogP contribution in [-0.4, -0.2) is 80.5 Å². The second kappa shape index (κ2) is 19.3. The van der Waals surface area contributed by atoms with Crippen molar-refractivity contribution in [1.29, 1.82) is 0 Å². The van der Waals surface area contributed by atoms with E-state index in [0.29, 0.717) is 11.1 Å². The van der Waals surface area contributed by atoms with Crippen LogP contribution in [0.5, 0.6) is 0 Å². The van der Waals surface area contributed by atoms with E-state index in [1.54, 1.807) is 50.2 Å². The minimum absolute atomic E-state index is 0.0377. The number of nitrogens with one attached hydrogen (secondary N) is 4. The van der Waals surface area contributed by atoms with E-state index in [0.717, 1.165) is 0 Å². The molecule has 0 saturated carbocycles. The standard InChI is InChI=1S/C36H38N4O12S2/c1-25-9-3-5-15-31(25)53(45,46)39-35(43)37-29-13-7-11-27(23-29)33(41)51-21-19-49-17-18-50-20-22-52-34(42)28-12-8-14-30(24-28)38-36(44)40-54(47,48)32-16-6-4-10-26(32)2/h3-16,23-24H,17-22H2,1-2H3,(H2,37,39,43)(H2,38,40,44). The highest BCUT2D eigenvalue weighted by atomic mass is 32.2. The summed E-state index contributed by atoms with van der Waals surface area (Å²) in [5.41, 5.74) is 1.50. The molecular formula is C36H38N4O12S2. The Kier molecular flexibility index (Phi) is 14.6. The summed E-state index contributed by atoms with van der Waals surface area (Å²) in [6.07, 6.45) is 0. The molecule has 4 aromatic carbocycles. The summed E-state index contributed by atoms with van der Waals surface area (Å²) in [5.74, 6) is -1.38. The average molecular weight is 783 g/mol. The Labute approximate surface area is 312 Å². The van der Waals surface area contributed by atoms with Gasteiger partial charge < -0.3 is 29.6 Å². The van der Waals surface area contributed by atoms with Crippen molar-refractivity contribution in [2.24, 2.45) is 0 Å². The van der Waals surface area contributed by atoms with Crippen LogP contribution in [0.3, 0.4) is 0 Å². The molecule has 286 valence electrons. The fraction of sp³-hybridized carbons (Fsp3) is 0.222. The summed E-state index contributed by atoms with van der Waals surface area (Å²) in [4.78, 5) is 49.6. The Morgan fingerprint density at radius 1 is 0.500 bits per heavy atom. The molecule has 4 rings (SSSR count). The molecule has 0 unspecified atom stereocenters. The highest BCUT2D eigenvalue weighted by Crippen LogP contribution is 2.17. The third-order valence-corrected chi connectivity index (χ3v) is 10.2. The van der Waals surface area contributed by atoms with Gasteiger partial charge in [-0.25, -0.2) is 45.5 Å². The zero-order valence-electron chi connectivity index (χ0n) is 29.2. The number of amides is 4. The Bertz CT molecular complexity index is 2040. The number of carbonyl (C=O) groups excluding carboxylic acids is 4. The molecule has 0 fully saturated rings. The van der Waals surface area contributed by atoms with Crippen molar-refractivity contribution < 1.29 is 55.0 Å². The van der Waals surface area contributed by atoms with Gasteiger partial charge >= 0.3 is 24.0 Å². The second-order valence-electron chi connectivity index (χ2n) is 11.3. The van der Waals surface area contributed by atoms with E-state index in [1.807, 2.05) is 9.44 Å². The van der Waals surface area contributed by atoms with Crippen LogP contribution in [0.15, 0.2) is 107 Å². The van der Waals surface area contributed by atoms with E-state index in [9.17, 15) is 36.0 Å². The molecule has 0 atom stereocenters. The number of hydrogen-bond acceptors (Lipinski definition) is 12. The van der Waals surface area contributed by atoms with Crippen molar-refractivity contribution in [2.45, 2.75) is 23.6 Å². The van der Waals surface area contributed by atoms with Gasteiger partial charge in [0.1, 0.15) is 13.2 Å². The maximum absolute atomic E-state index is 12.6. The Morgan fingerprint density at radius 3 is 1.26 bits per heavy atom. The first-order valence-electron chi connectivity index (χ1n) is 16.2. The molecule has 0 saturated heterocycles. The highest BCUT2D eigenvalue weighted by molar-refractivity contribution is 7.90. The van der Waals surface area contributed by atoms with Crippen LogP contribution >= 0.6 is 0 Å². The predicted molar refractivity (Wildman–Crippen MR) is 196 cm³/mol. The van der Waals surface area contributed by atoms with Crippen molar-refractivity contribution in [2.75, 3.05) is 50.3 Å². The van der Waals surface area contributed by atoms with E-state index < -0.39 is 44.0 Å². The van der Waals surface area contributed by atoms with Gasteiger partial charge in [0.15, 0.2) is 0 Å². The van der Waals surface area contributed by atoms with Crippen LogP contribution in [-0.2, 0) is 39.0 Å². The first-order valence-corrected chi connectivity index (χ1v) is 19.2. The number of sulfonamides is 2. The predicted octanol–water partition coefficient (Wildman–Crippen LogP) is 4.37. The monoisotopic (exact) mass is 782 g/mol. The van der Waals surface area contributed by atoms with E-state index in [1.165, 1.54) is 60.7 Å². The maximum atomic E-state index is 12.6. The zero-order chi connectivity index (χ0) is 39.1. The summed E-state index contributed by atoms with van der Waals surface area (Å²) in [7, 11) is -8.23. The normalized spacial score (nSPS) is 11.2. The van der Waals surface area contributed by atoms with Crippen LogP contribution in [0.4, 0.5) is 21.0 Å². The van der Waals surface area contributed by atoms with Crippen molar-refractivity contribution in [3.05, 3.63) is 119 Å². The fourth-order valence-electron chi connectivity index (χ4n) is 4.71. The summed E-state index contributed by atoms with van der Waals surface area (Å²) in [6.45, 7) is 3.47. The van der Waals surface area contributed by atoms with Gasteiger partial charge in [0.25, 0.3) is 20.0 Å². The fourth-order valence-corrected chi connectivity index (χ4v) is 7.02. The second-order valence-corrected chi connectivity index (χ2v) is 14.6. The number of carbonyl (C=O) groups is 4. The Hall–Kier alpha value is -5.82. The van der Waals surface area contributed by atoms with Gasteiger partial charge in [0, 0.05) is 11.4 Å². The minimum atomic E-state index is -4.11. The highest BCUT2D eigenvalue weighted by Gasteiger charge is 2.21. The van der Waals surface area contributed by atoms with Gasteiger partial charge in [-0.05, 0) is 73.5 Å². The van der Waals surface area contributed by atoms with Crippen molar-refractivity contribution in [3.63, 3.8) is 0 Å². The molecule has 0 bridgehead atoms. The smallest absolute Gasteiger partial charge is 0.338 e. The minimum Gasteiger partial charge on any atom is -0.460 e. The third-order valence-electron chi connectivity index (χ3n) is 7.23. The van der Waals surface area contributed by atoms with Gasteiger partial charge in [-0.15, -0.1) is 0 Å². The number of anilines is 2. The molecule has 0 aliphatic rings. The molecule has 4 aromatic rings. The number of urea groups is 2. The summed E-state index contributed by atoms with van der Waals surface area (Å²) in [5, 5.41) is 4.77. The van der Waals surface area contributed by atoms with Crippen LogP contribution in [0.1, 0.15) is 31.8 Å². The van der Waals surface area contributed by atoms with Gasteiger partial charge in [0.05, 0.1) is 47.3 Å². The SMILES string of the molecule is Cc1ccccc1S(=O)(=O)NC(=O)Nc1cccc(C(=O)OCCOCCOCCOC(=O)c2cccc(NC(=O)NS(=O)(=O)c3ccccc3C)c2)c1. The number of ether oxygens (including phenoxy) is 4. The molecule has 16 nitrogen and oxygen atoms in total. The molecule has 0 aromatic heterocycles. The van der Waals surface area contributed by atoms with Crippen molar-refractivity contribution >= 4 is 55.4 Å². The Balaban J connectivity index is 1.08.